The van der Waals surface area contributed by atoms with Crippen LogP contribution in [0.2, 0.25) is 0 Å². The highest BCUT2D eigenvalue weighted by Crippen LogP contribution is 2.27. The van der Waals surface area contributed by atoms with Crippen LogP contribution in [0.1, 0.15) is 19.4 Å². The summed E-state index contributed by atoms with van der Waals surface area (Å²) in [4.78, 5) is 0. The van der Waals surface area contributed by atoms with Crippen LogP contribution < -0.4 is 4.74 Å². The normalized spacial score (nSPS) is 10.9. The van der Waals surface area contributed by atoms with Crippen molar-refractivity contribution in [3.05, 3.63) is 72.8 Å². The predicted molar refractivity (Wildman–Crippen MR) is 108 cm³/mol. The first kappa shape index (κ1) is 18.3. The molecule has 3 aromatic rings. The largest absolute Gasteiger partial charge is 0.491 e. The summed E-state index contributed by atoms with van der Waals surface area (Å²) in [6.45, 7) is 8.57. The van der Waals surface area contributed by atoms with Crippen LogP contribution in [0.4, 0.5) is 0 Å². The monoisotopic (exact) mass is 365 g/mol. The van der Waals surface area contributed by atoms with Gasteiger partial charge in [0.15, 0.2) is 11.0 Å². The third-order valence-electron chi connectivity index (χ3n) is 3.71. The molecule has 5 heteroatoms. The Morgan fingerprint density at radius 2 is 1.81 bits per heavy atom. The zero-order valence-electron chi connectivity index (χ0n) is 15.1. The predicted octanol–water partition coefficient (Wildman–Crippen LogP) is 5.06. The fourth-order valence-corrected chi connectivity index (χ4v) is 3.28. The van der Waals surface area contributed by atoms with Gasteiger partial charge < -0.3 is 4.74 Å². The Balaban J connectivity index is 1.92. The van der Waals surface area contributed by atoms with Crippen molar-refractivity contribution in [1.82, 2.24) is 14.8 Å². The quantitative estimate of drug-likeness (QED) is 0.413. The number of nitrogens with zero attached hydrogens (tertiary/aromatic N) is 3. The van der Waals surface area contributed by atoms with E-state index >= 15 is 0 Å². The van der Waals surface area contributed by atoms with E-state index in [1.807, 2.05) is 62.4 Å². The molecule has 0 saturated heterocycles. The Hall–Kier alpha value is -2.53. The fraction of sp³-hybridized carbons (Fsp3) is 0.238. The summed E-state index contributed by atoms with van der Waals surface area (Å²) >= 11 is 1.64. The highest BCUT2D eigenvalue weighted by molar-refractivity contribution is 7.99. The van der Waals surface area contributed by atoms with Gasteiger partial charge in [-0.1, -0.05) is 48.2 Å². The van der Waals surface area contributed by atoms with Crippen molar-refractivity contribution in [3.63, 3.8) is 0 Å². The average Bonchev–Trinajstić information content (AvgIpc) is 3.03. The molecule has 0 aliphatic heterocycles. The fourth-order valence-electron chi connectivity index (χ4n) is 2.61. The molecule has 0 radical (unpaired) electrons. The summed E-state index contributed by atoms with van der Waals surface area (Å²) in [6.07, 6.45) is 2.04. The van der Waals surface area contributed by atoms with Crippen LogP contribution in [-0.4, -0.2) is 26.6 Å². The van der Waals surface area contributed by atoms with Gasteiger partial charge in [0, 0.05) is 11.3 Å². The highest BCUT2D eigenvalue weighted by Gasteiger charge is 2.14. The van der Waals surface area contributed by atoms with Crippen molar-refractivity contribution in [2.45, 2.75) is 31.7 Å². The lowest BCUT2D eigenvalue weighted by Crippen LogP contribution is -2.06. The van der Waals surface area contributed by atoms with Crippen LogP contribution in [0.15, 0.2) is 72.4 Å². The van der Waals surface area contributed by atoms with Crippen LogP contribution in [0.25, 0.3) is 11.4 Å². The third-order valence-corrected chi connectivity index (χ3v) is 4.68. The first-order chi connectivity index (χ1) is 12.7. The first-order valence-corrected chi connectivity index (χ1v) is 9.64. The van der Waals surface area contributed by atoms with E-state index in [0.717, 1.165) is 34.6 Å². The van der Waals surface area contributed by atoms with Crippen molar-refractivity contribution in [3.8, 4) is 17.1 Å². The standard InChI is InChI=1S/C21H23N3OS/c1-4-14-26-21-23-22-20(24(21)15-17-8-6-5-7-9-17)18-10-12-19(13-11-18)25-16(2)3/h4-13,16H,1,14-15H2,2-3H3. The molecule has 0 N–H and O–H groups in total. The molecule has 3 rings (SSSR count). The van der Waals surface area contributed by atoms with Gasteiger partial charge in [-0.05, 0) is 43.7 Å². The number of benzene rings is 2. The van der Waals surface area contributed by atoms with Crippen LogP contribution in [0.5, 0.6) is 5.75 Å². The minimum Gasteiger partial charge on any atom is -0.491 e. The zero-order chi connectivity index (χ0) is 18.4. The van der Waals surface area contributed by atoms with Crippen molar-refractivity contribution >= 4 is 11.8 Å². The number of thioether (sulfide) groups is 1. The maximum absolute atomic E-state index is 5.73. The Kier molecular flexibility index (Phi) is 6.12. The molecule has 134 valence electrons. The van der Waals surface area contributed by atoms with E-state index in [9.17, 15) is 0 Å². The molecular formula is C21H23N3OS. The van der Waals surface area contributed by atoms with Crippen LogP contribution in [0, 0.1) is 0 Å². The molecule has 0 unspecified atom stereocenters. The average molecular weight is 366 g/mol. The Morgan fingerprint density at radius 1 is 1.08 bits per heavy atom. The lowest BCUT2D eigenvalue weighted by molar-refractivity contribution is 0.242. The van der Waals surface area contributed by atoms with Gasteiger partial charge in [0.2, 0.25) is 0 Å². The molecule has 0 saturated carbocycles. The van der Waals surface area contributed by atoms with Gasteiger partial charge in [-0.3, -0.25) is 4.57 Å². The molecule has 0 bridgehead atoms. The second kappa shape index (κ2) is 8.72. The smallest absolute Gasteiger partial charge is 0.192 e. The lowest BCUT2D eigenvalue weighted by atomic mass is 10.2. The number of hydrogen-bond donors (Lipinski definition) is 0. The summed E-state index contributed by atoms with van der Waals surface area (Å²) in [5.74, 6) is 2.52. The van der Waals surface area contributed by atoms with E-state index in [1.165, 1.54) is 5.56 Å². The zero-order valence-corrected chi connectivity index (χ0v) is 15.9. The molecule has 0 atom stereocenters. The second-order valence-corrected chi connectivity index (χ2v) is 7.16. The van der Waals surface area contributed by atoms with E-state index in [4.69, 9.17) is 4.74 Å². The first-order valence-electron chi connectivity index (χ1n) is 8.65. The second-order valence-electron chi connectivity index (χ2n) is 6.17. The third kappa shape index (κ3) is 4.55. The molecule has 0 aliphatic carbocycles. The van der Waals surface area contributed by atoms with E-state index in [-0.39, 0.29) is 6.10 Å². The van der Waals surface area contributed by atoms with Gasteiger partial charge >= 0.3 is 0 Å². The van der Waals surface area contributed by atoms with Crippen LogP contribution >= 0.6 is 11.8 Å². The van der Waals surface area contributed by atoms with Crippen molar-refractivity contribution in [2.75, 3.05) is 5.75 Å². The molecule has 26 heavy (non-hydrogen) atoms. The molecule has 0 spiro atoms. The SMILES string of the molecule is C=CCSc1nnc(-c2ccc(OC(C)C)cc2)n1Cc1ccccc1. The molecule has 0 amide bonds. The van der Waals surface area contributed by atoms with Crippen molar-refractivity contribution in [2.24, 2.45) is 0 Å². The molecule has 1 heterocycles. The molecule has 4 nitrogen and oxygen atoms in total. The van der Waals surface area contributed by atoms with E-state index < -0.39 is 0 Å². The van der Waals surface area contributed by atoms with E-state index in [2.05, 4.69) is 33.5 Å². The molecule has 2 aromatic carbocycles. The number of ether oxygens (including phenoxy) is 1. The van der Waals surface area contributed by atoms with Gasteiger partial charge in [-0.15, -0.1) is 16.8 Å². The van der Waals surface area contributed by atoms with Crippen LogP contribution in [0.3, 0.4) is 0 Å². The summed E-state index contributed by atoms with van der Waals surface area (Å²) < 4.78 is 7.89. The van der Waals surface area contributed by atoms with Gasteiger partial charge in [-0.25, -0.2) is 0 Å². The maximum atomic E-state index is 5.73. The molecule has 0 aliphatic rings. The summed E-state index contributed by atoms with van der Waals surface area (Å²) in [6, 6.07) is 18.4. The number of hydrogen-bond acceptors (Lipinski definition) is 4. The highest BCUT2D eigenvalue weighted by atomic mass is 32.2. The van der Waals surface area contributed by atoms with E-state index in [0.29, 0.717) is 0 Å². The van der Waals surface area contributed by atoms with Gasteiger partial charge in [0.05, 0.1) is 12.6 Å². The van der Waals surface area contributed by atoms with Gasteiger partial charge in [0.25, 0.3) is 0 Å². The van der Waals surface area contributed by atoms with Crippen molar-refractivity contribution in [1.29, 1.82) is 0 Å². The molecule has 0 fully saturated rings. The van der Waals surface area contributed by atoms with E-state index in [1.54, 1.807) is 11.8 Å². The lowest BCUT2D eigenvalue weighted by Gasteiger charge is -2.12. The Labute approximate surface area is 158 Å². The number of rotatable bonds is 8. The molecule has 1 aromatic heterocycles. The minimum absolute atomic E-state index is 0.157. The minimum atomic E-state index is 0.157. The summed E-state index contributed by atoms with van der Waals surface area (Å²) in [5, 5.41) is 9.73. The summed E-state index contributed by atoms with van der Waals surface area (Å²) in [7, 11) is 0. The van der Waals surface area contributed by atoms with Crippen LogP contribution in [-0.2, 0) is 6.54 Å². The summed E-state index contributed by atoms with van der Waals surface area (Å²) in [5.41, 5.74) is 2.24. The Bertz CT molecular complexity index is 841. The van der Waals surface area contributed by atoms with Crippen molar-refractivity contribution < 1.29 is 4.74 Å². The Morgan fingerprint density at radius 3 is 2.46 bits per heavy atom. The topological polar surface area (TPSA) is 39.9 Å². The van der Waals surface area contributed by atoms with Gasteiger partial charge in [-0.2, -0.15) is 0 Å². The molecular weight excluding hydrogens is 342 g/mol. The maximum Gasteiger partial charge on any atom is 0.192 e. The number of aromatic nitrogens is 3. The van der Waals surface area contributed by atoms with Gasteiger partial charge in [0.1, 0.15) is 5.75 Å².